The lowest BCUT2D eigenvalue weighted by molar-refractivity contribution is -0.119. The second kappa shape index (κ2) is 9.52. The minimum Gasteiger partial charge on any atom is -0.377 e. The van der Waals surface area contributed by atoms with Gasteiger partial charge >= 0.3 is 0 Å². The summed E-state index contributed by atoms with van der Waals surface area (Å²) in [6.45, 7) is 4.17. The minimum absolute atomic E-state index is 0. The van der Waals surface area contributed by atoms with Crippen molar-refractivity contribution in [2.45, 2.75) is 19.9 Å². The third-order valence-electron chi connectivity index (χ3n) is 3.71. The standard InChI is InChI=1S/C18H22ClN3O.ClH/c1-12(11-20)18(23)22-15-8-9-17(16(19)10-15)21-13(2)14-6-4-3-5-7-14;/h3-10,12-13,21H,11,20H2,1-2H3,(H,22,23);1H. The second-order valence-corrected chi connectivity index (χ2v) is 6.00. The smallest absolute Gasteiger partial charge is 0.228 e. The number of anilines is 2. The van der Waals surface area contributed by atoms with E-state index < -0.39 is 0 Å². The monoisotopic (exact) mass is 367 g/mol. The summed E-state index contributed by atoms with van der Waals surface area (Å²) in [5.41, 5.74) is 8.16. The van der Waals surface area contributed by atoms with Gasteiger partial charge in [0.05, 0.1) is 10.7 Å². The van der Waals surface area contributed by atoms with E-state index in [1.54, 1.807) is 13.0 Å². The van der Waals surface area contributed by atoms with Crippen molar-refractivity contribution in [2.24, 2.45) is 11.7 Å². The molecule has 0 spiro atoms. The fourth-order valence-corrected chi connectivity index (χ4v) is 2.38. The van der Waals surface area contributed by atoms with Gasteiger partial charge in [-0.05, 0) is 30.7 Å². The number of nitrogens with one attached hydrogen (secondary N) is 2. The number of amides is 1. The molecule has 24 heavy (non-hydrogen) atoms. The molecule has 0 bridgehead atoms. The van der Waals surface area contributed by atoms with Crippen LogP contribution in [-0.2, 0) is 4.79 Å². The third kappa shape index (κ3) is 5.41. The normalized spacial score (nSPS) is 12.7. The molecule has 0 saturated carbocycles. The molecule has 4 nitrogen and oxygen atoms in total. The Kier molecular flexibility index (Phi) is 8.05. The van der Waals surface area contributed by atoms with Crippen LogP contribution in [-0.4, -0.2) is 12.5 Å². The molecule has 0 heterocycles. The largest absolute Gasteiger partial charge is 0.377 e. The van der Waals surface area contributed by atoms with Crippen LogP contribution in [0.15, 0.2) is 48.5 Å². The fourth-order valence-electron chi connectivity index (χ4n) is 2.14. The quantitative estimate of drug-likeness (QED) is 0.705. The van der Waals surface area contributed by atoms with E-state index in [4.69, 9.17) is 17.3 Å². The number of halogens is 2. The Hall–Kier alpha value is -1.75. The summed E-state index contributed by atoms with van der Waals surface area (Å²) in [6, 6.07) is 15.7. The van der Waals surface area contributed by atoms with Gasteiger partial charge in [0.25, 0.3) is 0 Å². The summed E-state index contributed by atoms with van der Waals surface area (Å²) < 4.78 is 0. The van der Waals surface area contributed by atoms with Crippen molar-refractivity contribution in [3.05, 3.63) is 59.1 Å². The maximum atomic E-state index is 11.9. The molecule has 0 aliphatic carbocycles. The molecule has 0 radical (unpaired) electrons. The van der Waals surface area contributed by atoms with Crippen LogP contribution < -0.4 is 16.4 Å². The van der Waals surface area contributed by atoms with E-state index in [2.05, 4.69) is 29.7 Å². The zero-order valence-corrected chi connectivity index (χ0v) is 15.3. The molecule has 0 saturated heterocycles. The third-order valence-corrected chi connectivity index (χ3v) is 4.02. The van der Waals surface area contributed by atoms with Gasteiger partial charge < -0.3 is 16.4 Å². The molecule has 4 N–H and O–H groups in total. The molecule has 1 amide bonds. The molecule has 0 aliphatic heterocycles. The zero-order chi connectivity index (χ0) is 16.8. The first-order valence-electron chi connectivity index (χ1n) is 7.63. The Bertz CT molecular complexity index is 665. The number of hydrogen-bond donors (Lipinski definition) is 3. The van der Waals surface area contributed by atoms with Crippen molar-refractivity contribution >= 4 is 41.3 Å². The van der Waals surface area contributed by atoms with Crippen LogP contribution >= 0.6 is 24.0 Å². The van der Waals surface area contributed by atoms with E-state index in [0.717, 1.165) is 5.69 Å². The second-order valence-electron chi connectivity index (χ2n) is 5.60. The molecule has 0 aliphatic rings. The van der Waals surface area contributed by atoms with Crippen LogP contribution in [0.2, 0.25) is 5.02 Å². The maximum Gasteiger partial charge on any atom is 0.228 e. The van der Waals surface area contributed by atoms with E-state index in [9.17, 15) is 4.79 Å². The summed E-state index contributed by atoms with van der Waals surface area (Å²) in [7, 11) is 0. The number of benzene rings is 2. The maximum absolute atomic E-state index is 11.9. The summed E-state index contributed by atoms with van der Waals surface area (Å²) >= 11 is 6.32. The van der Waals surface area contributed by atoms with Gasteiger partial charge in [-0.15, -0.1) is 12.4 Å². The summed E-state index contributed by atoms with van der Waals surface area (Å²) in [6.07, 6.45) is 0. The lowest BCUT2D eigenvalue weighted by Gasteiger charge is -2.18. The number of hydrogen-bond acceptors (Lipinski definition) is 3. The van der Waals surface area contributed by atoms with Gasteiger partial charge in [0.15, 0.2) is 0 Å². The van der Waals surface area contributed by atoms with Crippen molar-refractivity contribution in [2.75, 3.05) is 17.2 Å². The highest BCUT2D eigenvalue weighted by Gasteiger charge is 2.12. The van der Waals surface area contributed by atoms with Crippen LogP contribution in [0.1, 0.15) is 25.5 Å². The van der Waals surface area contributed by atoms with Crippen molar-refractivity contribution in [3.8, 4) is 0 Å². The fraction of sp³-hybridized carbons (Fsp3) is 0.278. The SMILES string of the molecule is CC(CN)C(=O)Nc1ccc(NC(C)c2ccccc2)c(Cl)c1.Cl. The van der Waals surface area contributed by atoms with Crippen LogP contribution in [0.25, 0.3) is 0 Å². The van der Waals surface area contributed by atoms with E-state index in [1.807, 2.05) is 30.3 Å². The predicted molar refractivity (Wildman–Crippen MR) is 104 cm³/mol. The summed E-state index contributed by atoms with van der Waals surface area (Å²) in [5, 5.41) is 6.75. The molecular formula is C18H23Cl2N3O. The van der Waals surface area contributed by atoms with Gasteiger partial charge in [-0.1, -0.05) is 48.9 Å². The molecule has 2 aromatic carbocycles. The average molecular weight is 368 g/mol. The van der Waals surface area contributed by atoms with Gasteiger partial charge in [-0.2, -0.15) is 0 Å². The van der Waals surface area contributed by atoms with Gasteiger partial charge in [-0.25, -0.2) is 0 Å². The molecule has 6 heteroatoms. The molecule has 2 atom stereocenters. The molecule has 0 aromatic heterocycles. The Balaban J connectivity index is 0.00000288. The van der Waals surface area contributed by atoms with Crippen LogP contribution in [0.4, 0.5) is 11.4 Å². The summed E-state index contributed by atoms with van der Waals surface area (Å²) in [5.74, 6) is -0.341. The topological polar surface area (TPSA) is 67.2 Å². The van der Waals surface area contributed by atoms with Gasteiger partial charge in [0.2, 0.25) is 5.91 Å². The molecule has 0 fully saturated rings. The van der Waals surface area contributed by atoms with Crippen molar-refractivity contribution in [1.82, 2.24) is 0 Å². The summed E-state index contributed by atoms with van der Waals surface area (Å²) in [4.78, 5) is 11.9. The predicted octanol–water partition coefficient (Wildman–Crippen LogP) is 4.47. The van der Waals surface area contributed by atoms with Gasteiger partial charge in [0, 0.05) is 24.2 Å². The minimum atomic E-state index is -0.232. The lowest BCUT2D eigenvalue weighted by atomic mass is 10.1. The Morgan fingerprint density at radius 2 is 1.83 bits per heavy atom. The molecule has 2 rings (SSSR count). The van der Waals surface area contributed by atoms with Crippen molar-refractivity contribution < 1.29 is 4.79 Å². The van der Waals surface area contributed by atoms with Gasteiger partial charge in [-0.3, -0.25) is 4.79 Å². The number of carbonyl (C=O) groups is 1. The number of nitrogens with two attached hydrogens (primary N) is 1. The van der Waals surface area contributed by atoms with Crippen molar-refractivity contribution in [1.29, 1.82) is 0 Å². The average Bonchev–Trinajstić information content (AvgIpc) is 2.57. The molecular weight excluding hydrogens is 345 g/mol. The first kappa shape index (κ1) is 20.3. The highest BCUT2D eigenvalue weighted by atomic mass is 35.5. The van der Waals surface area contributed by atoms with E-state index in [0.29, 0.717) is 17.3 Å². The first-order valence-corrected chi connectivity index (χ1v) is 8.01. The zero-order valence-electron chi connectivity index (χ0n) is 13.8. The Morgan fingerprint density at radius 1 is 1.17 bits per heavy atom. The first-order chi connectivity index (χ1) is 11.0. The Morgan fingerprint density at radius 3 is 2.42 bits per heavy atom. The lowest BCUT2D eigenvalue weighted by Crippen LogP contribution is -2.26. The Labute approximate surface area is 154 Å². The highest BCUT2D eigenvalue weighted by molar-refractivity contribution is 6.33. The van der Waals surface area contributed by atoms with E-state index in [1.165, 1.54) is 5.56 Å². The highest BCUT2D eigenvalue weighted by Crippen LogP contribution is 2.29. The molecule has 2 aromatic rings. The van der Waals surface area contributed by atoms with Crippen LogP contribution in [0.5, 0.6) is 0 Å². The van der Waals surface area contributed by atoms with Crippen LogP contribution in [0.3, 0.4) is 0 Å². The van der Waals surface area contributed by atoms with Crippen LogP contribution in [0, 0.1) is 5.92 Å². The molecule has 130 valence electrons. The van der Waals surface area contributed by atoms with Crippen molar-refractivity contribution in [3.63, 3.8) is 0 Å². The number of rotatable bonds is 6. The van der Waals surface area contributed by atoms with E-state index in [-0.39, 0.29) is 30.3 Å². The number of carbonyl (C=O) groups excluding carboxylic acids is 1. The van der Waals surface area contributed by atoms with E-state index >= 15 is 0 Å². The molecule has 2 unspecified atom stereocenters. The van der Waals surface area contributed by atoms with Gasteiger partial charge in [0.1, 0.15) is 0 Å².